The number of hydrogen-bond donors (Lipinski definition) is 1. The van der Waals surface area contributed by atoms with E-state index in [9.17, 15) is 8.42 Å². The number of rotatable bonds is 4. The van der Waals surface area contributed by atoms with Gasteiger partial charge in [0.25, 0.3) is 0 Å². The van der Waals surface area contributed by atoms with Crippen LogP contribution in [0.2, 0.25) is 0 Å². The van der Waals surface area contributed by atoms with Gasteiger partial charge in [0.2, 0.25) is 0 Å². The van der Waals surface area contributed by atoms with Crippen molar-refractivity contribution in [3.63, 3.8) is 0 Å². The van der Waals surface area contributed by atoms with E-state index in [1.807, 2.05) is 12.1 Å². The molecule has 0 saturated heterocycles. The van der Waals surface area contributed by atoms with Crippen LogP contribution in [0.4, 0.5) is 0 Å². The van der Waals surface area contributed by atoms with E-state index >= 15 is 0 Å². The third-order valence-electron chi connectivity index (χ3n) is 3.82. The molecular weight excluding hydrogens is 326 g/mol. The van der Waals surface area contributed by atoms with E-state index in [2.05, 4.69) is 40.3 Å². The van der Waals surface area contributed by atoms with Crippen LogP contribution in [0, 0.1) is 0 Å². The molecule has 1 aromatic carbocycles. The monoisotopic (exact) mass is 345 g/mol. The first-order valence-electron chi connectivity index (χ1n) is 6.58. The lowest BCUT2D eigenvalue weighted by molar-refractivity contribution is 0.455. The summed E-state index contributed by atoms with van der Waals surface area (Å²) in [5, 5.41) is 3.24. The molecule has 1 fully saturated rings. The van der Waals surface area contributed by atoms with Gasteiger partial charge in [0.15, 0.2) is 9.84 Å². The second kappa shape index (κ2) is 5.94. The largest absolute Gasteiger partial charge is 0.306 e. The van der Waals surface area contributed by atoms with E-state index < -0.39 is 9.84 Å². The summed E-state index contributed by atoms with van der Waals surface area (Å²) < 4.78 is 24.6. The first-order valence-corrected chi connectivity index (χ1v) is 9.33. The summed E-state index contributed by atoms with van der Waals surface area (Å²) in [4.78, 5) is 0. The molecule has 3 atom stereocenters. The highest BCUT2D eigenvalue weighted by Crippen LogP contribution is 2.28. The van der Waals surface area contributed by atoms with Crippen LogP contribution in [0.5, 0.6) is 0 Å². The summed E-state index contributed by atoms with van der Waals surface area (Å²) in [7, 11) is -2.96. The Bertz CT molecular complexity index is 544. The van der Waals surface area contributed by atoms with E-state index in [1.165, 1.54) is 11.8 Å². The Balaban J connectivity index is 2.08. The molecule has 0 aromatic heterocycles. The van der Waals surface area contributed by atoms with E-state index in [4.69, 9.17) is 0 Å². The van der Waals surface area contributed by atoms with Crippen molar-refractivity contribution in [2.75, 3.05) is 6.26 Å². The second-order valence-electron chi connectivity index (χ2n) is 5.35. The Morgan fingerprint density at radius 1 is 1.37 bits per heavy atom. The molecule has 0 aliphatic heterocycles. The third-order valence-corrected chi connectivity index (χ3v) is 5.97. The summed E-state index contributed by atoms with van der Waals surface area (Å²) in [6.07, 6.45) is 4.06. The molecule has 1 aromatic rings. The summed E-state index contributed by atoms with van der Waals surface area (Å²) >= 11 is 3.46. The summed E-state index contributed by atoms with van der Waals surface area (Å²) in [5.74, 6) is 0. The highest BCUT2D eigenvalue weighted by atomic mass is 79.9. The van der Waals surface area contributed by atoms with E-state index in [1.54, 1.807) is 0 Å². The van der Waals surface area contributed by atoms with Crippen LogP contribution in [-0.2, 0) is 9.84 Å². The lowest BCUT2D eigenvalue weighted by Crippen LogP contribution is -2.41. The fourth-order valence-corrected chi connectivity index (χ4v) is 4.65. The molecular formula is C14H20BrNO2S. The Morgan fingerprint density at radius 3 is 2.74 bits per heavy atom. The fourth-order valence-electron chi connectivity index (χ4n) is 2.82. The van der Waals surface area contributed by atoms with Crippen LogP contribution in [0.15, 0.2) is 28.7 Å². The highest BCUT2D eigenvalue weighted by Gasteiger charge is 2.35. The fraction of sp³-hybridized carbons (Fsp3) is 0.571. The van der Waals surface area contributed by atoms with Gasteiger partial charge in [-0.2, -0.15) is 0 Å². The third kappa shape index (κ3) is 3.80. The zero-order valence-electron chi connectivity index (χ0n) is 11.3. The van der Waals surface area contributed by atoms with Crippen LogP contribution in [-0.4, -0.2) is 26.0 Å². The number of halogens is 1. The van der Waals surface area contributed by atoms with Crippen molar-refractivity contribution >= 4 is 25.8 Å². The van der Waals surface area contributed by atoms with Gasteiger partial charge in [-0.05, 0) is 37.5 Å². The number of hydrogen-bond acceptors (Lipinski definition) is 3. The average Bonchev–Trinajstić information content (AvgIpc) is 2.77. The van der Waals surface area contributed by atoms with Crippen molar-refractivity contribution in [3.05, 3.63) is 34.3 Å². The van der Waals surface area contributed by atoms with Gasteiger partial charge in [0.05, 0.1) is 5.25 Å². The van der Waals surface area contributed by atoms with Crippen molar-refractivity contribution in [1.29, 1.82) is 0 Å². The van der Waals surface area contributed by atoms with E-state index in [0.717, 1.165) is 23.7 Å². The molecule has 3 unspecified atom stereocenters. The lowest BCUT2D eigenvalue weighted by atomic mass is 10.1. The maximum Gasteiger partial charge on any atom is 0.151 e. The lowest BCUT2D eigenvalue weighted by Gasteiger charge is -2.24. The second-order valence-corrected chi connectivity index (χ2v) is 8.53. The van der Waals surface area contributed by atoms with Crippen molar-refractivity contribution < 1.29 is 8.42 Å². The van der Waals surface area contributed by atoms with Crippen LogP contribution in [0.1, 0.15) is 37.8 Å². The molecule has 1 N–H and O–H groups in total. The molecule has 0 radical (unpaired) electrons. The first kappa shape index (κ1) is 15.0. The van der Waals surface area contributed by atoms with E-state index in [0.29, 0.717) is 0 Å². The Labute approximate surface area is 123 Å². The van der Waals surface area contributed by atoms with Gasteiger partial charge >= 0.3 is 0 Å². The molecule has 1 aliphatic carbocycles. The molecule has 0 spiro atoms. The first-order chi connectivity index (χ1) is 8.88. The van der Waals surface area contributed by atoms with Crippen LogP contribution >= 0.6 is 15.9 Å². The predicted molar refractivity (Wildman–Crippen MR) is 82.0 cm³/mol. The molecule has 19 heavy (non-hydrogen) atoms. The summed E-state index contributed by atoms with van der Waals surface area (Å²) in [6, 6.07) is 8.36. The van der Waals surface area contributed by atoms with Crippen molar-refractivity contribution in [2.24, 2.45) is 0 Å². The van der Waals surface area contributed by atoms with Crippen LogP contribution < -0.4 is 5.32 Å². The van der Waals surface area contributed by atoms with Crippen molar-refractivity contribution in [1.82, 2.24) is 5.32 Å². The topological polar surface area (TPSA) is 46.2 Å². The molecule has 2 rings (SSSR count). The van der Waals surface area contributed by atoms with Gasteiger partial charge in [0, 0.05) is 22.8 Å². The van der Waals surface area contributed by atoms with Gasteiger partial charge < -0.3 is 5.32 Å². The SMILES string of the molecule is CC(NC1CCCC1S(C)(=O)=O)c1cccc(Br)c1. The maximum atomic E-state index is 11.8. The van der Waals surface area contributed by atoms with Gasteiger partial charge in [-0.15, -0.1) is 0 Å². The maximum absolute atomic E-state index is 11.8. The van der Waals surface area contributed by atoms with Crippen molar-refractivity contribution in [2.45, 2.75) is 43.5 Å². The minimum Gasteiger partial charge on any atom is -0.306 e. The molecule has 1 aliphatic rings. The van der Waals surface area contributed by atoms with Gasteiger partial charge in [0.1, 0.15) is 0 Å². The Kier molecular flexibility index (Phi) is 4.69. The summed E-state index contributed by atoms with van der Waals surface area (Å²) in [5.41, 5.74) is 1.17. The zero-order chi connectivity index (χ0) is 14.0. The smallest absolute Gasteiger partial charge is 0.151 e. The van der Waals surface area contributed by atoms with Gasteiger partial charge in [-0.25, -0.2) is 8.42 Å². The Morgan fingerprint density at radius 2 is 2.11 bits per heavy atom. The van der Waals surface area contributed by atoms with Crippen LogP contribution in [0.3, 0.4) is 0 Å². The molecule has 0 heterocycles. The molecule has 0 bridgehead atoms. The number of benzene rings is 1. The minimum absolute atomic E-state index is 0.0731. The quantitative estimate of drug-likeness (QED) is 0.911. The summed E-state index contributed by atoms with van der Waals surface area (Å²) in [6.45, 7) is 2.08. The average molecular weight is 346 g/mol. The van der Waals surface area contributed by atoms with Gasteiger partial charge in [-0.1, -0.05) is 34.5 Å². The number of sulfone groups is 1. The predicted octanol–water partition coefficient (Wildman–Crippen LogP) is 3.07. The molecule has 3 nitrogen and oxygen atoms in total. The minimum atomic E-state index is -2.96. The number of nitrogens with one attached hydrogen (secondary N) is 1. The van der Waals surface area contributed by atoms with Crippen molar-refractivity contribution in [3.8, 4) is 0 Å². The van der Waals surface area contributed by atoms with Gasteiger partial charge in [-0.3, -0.25) is 0 Å². The Hall–Kier alpha value is -0.390. The molecule has 5 heteroatoms. The zero-order valence-corrected chi connectivity index (χ0v) is 13.7. The highest BCUT2D eigenvalue weighted by molar-refractivity contribution is 9.10. The van der Waals surface area contributed by atoms with Crippen LogP contribution in [0.25, 0.3) is 0 Å². The normalized spacial score (nSPS) is 25.4. The molecule has 0 amide bonds. The standard InChI is InChI=1S/C14H20BrNO2S/c1-10(11-5-3-6-12(15)9-11)16-13-7-4-8-14(13)19(2,17)18/h3,5-6,9-10,13-14,16H,4,7-8H2,1-2H3. The molecule has 106 valence electrons. The van der Waals surface area contributed by atoms with E-state index in [-0.39, 0.29) is 17.3 Å². The molecule has 1 saturated carbocycles.